The van der Waals surface area contributed by atoms with Gasteiger partial charge in [0.15, 0.2) is 11.3 Å². The van der Waals surface area contributed by atoms with Crippen LogP contribution in [0.5, 0.6) is 0 Å². The molecule has 2 aromatic heterocycles. The summed E-state index contributed by atoms with van der Waals surface area (Å²) in [6.45, 7) is 0. The maximum absolute atomic E-state index is 5.24. The largest absolute Gasteiger partial charge is 0.321 e. The minimum Gasteiger partial charge on any atom is -0.321 e. The van der Waals surface area contributed by atoms with Gasteiger partial charge in [-0.3, -0.25) is 0 Å². The average Bonchev–Trinajstić information content (AvgIpc) is 2.89. The average molecular weight is 266 g/mol. The highest BCUT2D eigenvalue weighted by Crippen LogP contribution is 2.23. The number of thioether (sulfide) groups is 1. The van der Waals surface area contributed by atoms with Crippen molar-refractivity contribution >= 4 is 23.1 Å². The molecule has 0 aliphatic carbocycles. The quantitative estimate of drug-likeness (QED) is 0.585. The van der Waals surface area contributed by atoms with E-state index < -0.39 is 0 Å². The van der Waals surface area contributed by atoms with E-state index in [2.05, 4.69) is 25.9 Å². The Bertz CT molecular complexity index is 707. The normalized spacial score (nSPS) is 10.5. The Hall–Kier alpha value is -2.32. The van der Waals surface area contributed by atoms with Crippen LogP contribution >= 0.6 is 11.8 Å². The summed E-state index contributed by atoms with van der Waals surface area (Å²) in [4.78, 5) is 17.0. The number of hydrogen-bond donors (Lipinski definition) is 1. The van der Waals surface area contributed by atoms with Crippen LogP contribution in [0.2, 0.25) is 0 Å². The van der Waals surface area contributed by atoms with Crippen LogP contribution in [0.25, 0.3) is 22.7 Å². The van der Waals surface area contributed by atoms with Gasteiger partial charge >= 0.3 is 0 Å². The van der Waals surface area contributed by atoms with E-state index in [1.54, 1.807) is 24.2 Å². The van der Waals surface area contributed by atoms with Crippen LogP contribution in [-0.2, 0) is 0 Å². The van der Waals surface area contributed by atoms with Gasteiger partial charge in [0.2, 0.25) is 0 Å². The van der Waals surface area contributed by atoms with Crippen molar-refractivity contribution in [3.8, 4) is 23.7 Å². The lowest BCUT2D eigenvalue weighted by Crippen LogP contribution is -1.81. The molecule has 1 aromatic carbocycles. The van der Waals surface area contributed by atoms with Gasteiger partial charge in [-0.05, 0) is 12.1 Å². The molecule has 0 fully saturated rings. The zero-order chi connectivity index (χ0) is 13.1. The van der Waals surface area contributed by atoms with E-state index in [1.165, 1.54) is 0 Å². The number of H-pyrrole nitrogens is 1. The molecule has 0 amide bonds. The number of imidazole rings is 1. The van der Waals surface area contributed by atoms with Crippen LogP contribution in [0.4, 0.5) is 0 Å². The third kappa shape index (κ3) is 2.44. The molecule has 3 aromatic rings. The van der Waals surface area contributed by atoms with E-state index in [1.807, 2.05) is 24.3 Å². The molecule has 0 radical (unpaired) electrons. The molecule has 19 heavy (non-hydrogen) atoms. The van der Waals surface area contributed by atoms with Crippen molar-refractivity contribution in [2.75, 3.05) is 5.75 Å². The first-order chi connectivity index (χ1) is 9.36. The summed E-state index contributed by atoms with van der Waals surface area (Å²) in [5, 5.41) is 0. The number of nitrogens with one attached hydrogen (secondary N) is 1. The number of nitrogens with zero attached hydrogens (tertiary/aromatic N) is 3. The number of benzene rings is 1. The highest BCUT2D eigenvalue weighted by atomic mass is 32.2. The van der Waals surface area contributed by atoms with Gasteiger partial charge in [-0.25, -0.2) is 15.0 Å². The molecule has 0 unspecified atom stereocenters. The lowest BCUT2D eigenvalue weighted by molar-refractivity contribution is 1.26. The summed E-state index contributed by atoms with van der Waals surface area (Å²) in [6, 6.07) is 8.09. The van der Waals surface area contributed by atoms with Crippen LogP contribution in [0.3, 0.4) is 0 Å². The molecule has 0 atom stereocenters. The molecule has 0 aliphatic rings. The SMILES string of the molecule is C#CCSc1ccc(-c2nc3nccnc3[nH]2)cc1. The monoisotopic (exact) mass is 266 g/mol. The van der Waals surface area contributed by atoms with Crippen LogP contribution < -0.4 is 0 Å². The van der Waals surface area contributed by atoms with E-state index in [-0.39, 0.29) is 0 Å². The molecule has 0 spiro atoms. The van der Waals surface area contributed by atoms with Crippen molar-refractivity contribution < 1.29 is 0 Å². The molecule has 3 rings (SSSR count). The summed E-state index contributed by atoms with van der Waals surface area (Å²) in [6.07, 6.45) is 8.51. The third-order valence-corrected chi connectivity index (χ3v) is 3.50. The Morgan fingerprint density at radius 1 is 1.16 bits per heavy atom. The van der Waals surface area contributed by atoms with Crippen molar-refractivity contribution in [1.82, 2.24) is 19.9 Å². The van der Waals surface area contributed by atoms with Crippen molar-refractivity contribution in [1.29, 1.82) is 0 Å². The molecule has 0 bridgehead atoms. The third-order valence-electron chi connectivity index (χ3n) is 2.58. The Labute approximate surface area is 114 Å². The highest BCUT2D eigenvalue weighted by Gasteiger charge is 2.06. The van der Waals surface area contributed by atoms with Gasteiger partial charge in [0.1, 0.15) is 5.82 Å². The highest BCUT2D eigenvalue weighted by molar-refractivity contribution is 7.99. The Morgan fingerprint density at radius 3 is 2.68 bits per heavy atom. The van der Waals surface area contributed by atoms with E-state index >= 15 is 0 Å². The predicted octanol–water partition coefficient (Wildman–Crippen LogP) is 2.75. The standard InChI is InChI=1S/C14H10N4S/c1-2-9-19-11-5-3-10(4-6-11)12-17-13-14(18-12)16-8-7-15-13/h1,3-8H,9H2,(H,15,16,17,18). The molecule has 4 nitrogen and oxygen atoms in total. The molecule has 0 saturated heterocycles. The molecule has 0 saturated carbocycles. The summed E-state index contributed by atoms with van der Waals surface area (Å²) in [5.74, 6) is 4.06. The van der Waals surface area contributed by atoms with Crippen molar-refractivity contribution in [3.63, 3.8) is 0 Å². The smallest absolute Gasteiger partial charge is 0.197 e. The first kappa shape index (κ1) is 11.8. The fourth-order valence-corrected chi connectivity index (χ4v) is 2.30. The van der Waals surface area contributed by atoms with Crippen LogP contribution in [0, 0.1) is 12.3 Å². The lowest BCUT2D eigenvalue weighted by Gasteiger charge is -1.99. The first-order valence-corrected chi connectivity index (χ1v) is 6.69. The molecule has 92 valence electrons. The second kappa shape index (κ2) is 5.12. The minimum absolute atomic E-state index is 0.628. The number of aromatic amines is 1. The minimum atomic E-state index is 0.628. The number of fused-ring (bicyclic) bond motifs is 1. The van der Waals surface area contributed by atoms with Crippen LogP contribution in [0.15, 0.2) is 41.6 Å². The van der Waals surface area contributed by atoms with Crippen molar-refractivity contribution in [2.45, 2.75) is 4.90 Å². The van der Waals surface area contributed by atoms with Crippen molar-refractivity contribution in [2.24, 2.45) is 0 Å². The van der Waals surface area contributed by atoms with E-state index in [0.29, 0.717) is 17.0 Å². The van der Waals surface area contributed by atoms with Gasteiger partial charge in [0.05, 0.1) is 5.75 Å². The fourth-order valence-electron chi connectivity index (χ4n) is 1.72. The Morgan fingerprint density at radius 2 is 1.95 bits per heavy atom. The summed E-state index contributed by atoms with van der Waals surface area (Å²) >= 11 is 1.64. The van der Waals surface area contributed by atoms with Gasteiger partial charge in [-0.2, -0.15) is 0 Å². The van der Waals surface area contributed by atoms with Gasteiger partial charge in [-0.1, -0.05) is 18.1 Å². The van der Waals surface area contributed by atoms with Gasteiger partial charge in [0.25, 0.3) is 0 Å². The van der Waals surface area contributed by atoms with Gasteiger partial charge < -0.3 is 4.98 Å². The molecule has 0 aliphatic heterocycles. The lowest BCUT2D eigenvalue weighted by atomic mass is 10.2. The summed E-state index contributed by atoms with van der Waals surface area (Å²) < 4.78 is 0. The second-order valence-electron chi connectivity index (χ2n) is 3.83. The predicted molar refractivity (Wildman–Crippen MR) is 76.7 cm³/mol. The maximum atomic E-state index is 5.24. The maximum Gasteiger partial charge on any atom is 0.197 e. The van der Waals surface area contributed by atoms with E-state index in [0.717, 1.165) is 16.3 Å². The molecule has 2 heterocycles. The summed E-state index contributed by atoms with van der Waals surface area (Å²) in [7, 11) is 0. The molecular weight excluding hydrogens is 256 g/mol. The molecular formula is C14H10N4S. The topological polar surface area (TPSA) is 54.5 Å². The second-order valence-corrected chi connectivity index (χ2v) is 4.88. The van der Waals surface area contributed by atoms with Crippen molar-refractivity contribution in [3.05, 3.63) is 36.7 Å². The number of aromatic nitrogens is 4. The fraction of sp³-hybridized carbons (Fsp3) is 0.0714. The molecule has 5 heteroatoms. The zero-order valence-electron chi connectivity index (χ0n) is 10.00. The molecule has 1 N–H and O–H groups in total. The number of hydrogen-bond acceptors (Lipinski definition) is 4. The van der Waals surface area contributed by atoms with Gasteiger partial charge in [-0.15, -0.1) is 18.2 Å². The Balaban J connectivity index is 1.91. The van der Waals surface area contributed by atoms with Gasteiger partial charge in [0, 0.05) is 22.9 Å². The van der Waals surface area contributed by atoms with Crippen LogP contribution in [0.1, 0.15) is 0 Å². The van der Waals surface area contributed by atoms with E-state index in [9.17, 15) is 0 Å². The summed E-state index contributed by atoms with van der Waals surface area (Å²) in [5.41, 5.74) is 2.33. The van der Waals surface area contributed by atoms with Crippen LogP contribution in [-0.4, -0.2) is 25.7 Å². The first-order valence-electron chi connectivity index (χ1n) is 5.70. The number of rotatable bonds is 3. The zero-order valence-corrected chi connectivity index (χ0v) is 10.8. The number of terminal acetylenes is 1. The Kier molecular flexibility index (Phi) is 3.17. The van der Waals surface area contributed by atoms with E-state index in [4.69, 9.17) is 6.42 Å².